The standard InChI is InChI=1S/C13H7Cl2FN2O3/c14-7-4-6(13(20)21)5-8(15)11(7)18-12(19)9-2-1-3-10(16)17-9/h1-5H,(H,18,19)(H,20,21). The number of hydrogen-bond donors (Lipinski definition) is 2. The fourth-order valence-electron chi connectivity index (χ4n) is 1.53. The minimum absolute atomic E-state index is 0.0272. The number of benzene rings is 1. The van der Waals surface area contributed by atoms with Crippen molar-refractivity contribution in [2.75, 3.05) is 5.32 Å². The van der Waals surface area contributed by atoms with Gasteiger partial charge in [-0.15, -0.1) is 0 Å². The molecule has 0 bridgehead atoms. The third-order valence-corrected chi connectivity index (χ3v) is 3.07. The van der Waals surface area contributed by atoms with Crippen LogP contribution in [0, 0.1) is 5.95 Å². The monoisotopic (exact) mass is 328 g/mol. The van der Waals surface area contributed by atoms with Crippen LogP contribution >= 0.6 is 23.2 Å². The van der Waals surface area contributed by atoms with Gasteiger partial charge < -0.3 is 10.4 Å². The van der Waals surface area contributed by atoms with Crippen LogP contribution in [0.2, 0.25) is 10.0 Å². The Kier molecular flexibility index (Phi) is 4.40. The Balaban J connectivity index is 2.32. The van der Waals surface area contributed by atoms with E-state index in [1.807, 2.05) is 0 Å². The molecule has 1 aromatic heterocycles. The van der Waals surface area contributed by atoms with Crippen molar-refractivity contribution in [3.8, 4) is 0 Å². The predicted molar refractivity (Wildman–Crippen MR) is 75.6 cm³/mol. The molecule has 5 nitrogen and oxygen atoms in total. The SMILES string of the molecule is O=C(O)c1cc(Cl)c(NC(=O)c2cccc(F)n2)c(Cl)c1. The summed E-state index contributed by atoms with van der Waals surface area (Å²) in [6.45, 7) is 0. The molecular formula is C13H7Cl2FN2O3. The molecule has 0 aliphatic rings. The third-order valence-electron chi connectivity index (χ3n) is 2.48. The number of halogens is 3. The van der Waals surface area contributed by atoms with Gasteiger partial charge in [0.1, 0.15) is 5.69 Å². The van der Waals surface area contributed by atoms with Gasteiger partial charge in [0.15, 0.2) is 0 Å². The van der Waals surface area contributed by atoms with Crippen molar-refractivity contribution in [1.29, 1.82) is 0 Å². The van der Waals surface area contributed by atoms with Gasteiger partial charge in [-0.25, -0.2) is 9.78 Å². The van der Waals surface area contributed by atoms with Crippen molar-refractivity contribution in [1.82, 2.24) is 4.98 Å². The molecule has 0 spiro atoms. The fraction of sp³-hybridized carbons (Fsp3) is 0. The number of carbonyl (C=O) groups excluding carboxylic acids is 1. The molecule has 1 heterocycles. The van der Waals surface area contributed by atoms with Crippen molar-refractivity contribution in [2.45, 2.75) is 0 Å². The Hall–Kier alpha value is -2.18. The average molecular weight is 329 g/mol. The number of aromatic carboxylic acids is 1. The molecule has 0 fully saturated rings. The highest BCUT2D eigenvalue weighted by Crippen LogP contribution is 2.32. The molecule has 1 aromatic carbocycles. The number of anilines is 1. The first-order chi connectivity index (χ1) is 9.88. The first kappa shape index (κ1) is 15.2. The van der Waals surface area contributed by atoms with Crippen LogP contribution in [0.5, 0.6) is 0 Å². The minimum Gasteiger partial charge on any atom is -0.478 e. The maximum atomic E-state index is 13.0. The Morgan fingerprint density at radius 3 is 2.33 bits per heavy atom. The zero-order valence-electron chi connectivity index (χ0n) is 10.2. The maximum Gasteiger partial charge on any atom is 0.335 e. The highest BCUT2D eigenvalue weighted by atomic mass is 35.5. The summed E-state index contributed by atoms with van der Waals surface area (Å²) in [6, 6.07) is 6.02. The van der Waals surface area contributed by atoms with Crippen molar-refractivity contribution in [2.24, 2.45) is 0 Å². The van der Waals surface area contributed by atoms with E-state index in [1.54, 1.807) is 0 Å². The second kappa shape index (κ2) is 6.07. The lowest BCUT2D eigenvalue weighted by atomic mass is 10.2. The van der Waals surface area contributed by atoms with E-state index in [9.17, 15) is 14.0 Å². The Morgan fingerprint density at radius 1 is 1.19 bits per heavy atom. The van der Waals surface area contributed by atoms with Crippen molar-refractivity contribution in [3.05, 3.63) is 57.6 Å². The van der Waals surface area contributed by atoms with Crippen LogP contribution < -0.4 is 5.32 Å². The molecule has 2 N–H and O–H groups in total. The number of pyridine rings is 1. The topological polar surface area (TPSA) is 79.3 Å². The number of nitrogens with one attached hydrogen (secondary N) is 1. The van der Waals surface area contributed by atoms with E-state index in [2.05, 4.69) is 10.3 Å². The molecule has 0 unspecified atom stereocenters. The number of carbonyl (C=O) groups is 2. The number of carboxylic acids is 1. The summed E-state index contributed by atoms with van der Waals surface area (Å²) < 4.78 is 13.0. The van der Waals surface area contributed by atoms with Gasteiger partial charge in [0, 0.05) is 0 Å². The van der Waals surface area contributed by atoms with E-state index in [-0.39, 0.29) is 27.0 Å². The van der Waals surface area contributed by atoms with Gasteiger partial charge in [0.2, 0.25) is 5.95 Å². The van der Waals surface area contributed by atoms with Crippen molar-refractivity contribution < 1.29 is 19.1 Å². The second-order valence-electron chi connectivity index (χ2n) is 3.92. The van der Waals surface area contributed by atoms with E-state index >= 15 is 0 Å². The summed E-state index contributed by atoms with van der Waals surface area (Å²) in [5, 5.41) is 11.1. The lowest BCUT2D eigenvalue weighted by molar-refractivity contribution is 0.0696. The van der Waals surface area contributed by atoms with E-state index in [0.717, 1.165) is 18.2 Å². The molecule has 0 aliphatic carbocycles. The molecular weight excluding hydrogens is 322 g/mol. The highest BCUT2D eigenvalue weighted by molar-refractivity contribution is 6.40. The summed E-state index contributed by atoms with van der Waals surface area (Å²) in [6.07, 6.45) is 0. The van der Waals surface area contributed by atoms with E-state index in [1.165, 1.54) is 12.1 Å². The second-order valence-corrected chi connectivity index (χ2v) is 4.73. The first-order valence-corrected chi connectivity index (χ1v) is 6.30. The molecule has 0 radical (unpaired) electrons. The van der Waals surface area contributed by atoms with Crippen LogP contribution in [-0.2, 0) is 0 Å². The predicted octanol–water partition coefficient (Wildman–Crippen LogP) is 3.48. The molecule has 0 saturated heterocycles. The summed E-state index contributed by atoms with van der Waals surface area (Å²) in [5.74, 6) is -2.73. The molecule has 0 saturated carbocycles. The van der Waals surface area contributed by atoms with Crippen LogP contribution in [-0.4, -0.2) is 22.0 Å². The molecule has 2 aromatic rings. The average Bonchev–Trinajstić information content (AvgIpc) is 2.42. The van der Waals surface area contributed by atoms with Crippen molar-refractivity contribution >= 4 is 40.8 Å². The van der Waals surface area contributed by atoms with Gasteiger partial charge in [-0.3, -0.25) is 4.79 Å². The van der Waals surface area contributed by atoms with Crippen LogP contribution in [0.3, 0.4) is 0 Å². The van der Waals surface area contributed by atoms with Gasteiger partial charge in [-0.05, 0) is 24.3 Å². The van der Waals surface area contributed by atoms with Crippen LogP contribution in [0.15, 0.2) is 30.3 Å². The van der Waals surface area contributed by atoms with Gasteiger partial charge in [-0.1, -0.05) is 29.3 Å². The summed E-state index contributed by atoms with van der Waals surface area (Å²) in [5.41, 5.74) is -0.254. The van der Waals surface area contributed by atoms with Gasteiger partial charge >= 0.3 is 5.97 Å². The highest BCUT2D eigenvalue weighted by Gasteiger charge is 2.16. The van der Waals surface area contributed by atoms with Crippen LogP contribution in [0.25, 0.3) is 0 Å². The smallest absolute Gasteiger partial charge is 0.335 e. The molecule has 1 amide bonds. The number of aromatic nitrogens is 1. The Labute approximate surface area is 128 Å². The Bertz CT molecular complexity index is 714. The lowest BCUT2D eigenvalue weighted by Gasteiger charge is -2.10. The van der Waals surface area contributed by atoms with Gasteiger partial charge in [0.05, 0.1) is 21.3 Å². The summed E-state index contributed by atoms with van der Waals surface area (Å²) >= 11 is 11.8. The molecule has 108 valence electrons. The lowest BCUT2D eigenvalue weighted by Crippen LogP contribution is -2.15. The maximum absolute atomic E-state index is 13.0. The number of hydrogen-bond acceptors (Lipinski definition) is 3. The molecule has 2 rings (SSSR count). The normalized spacial score (nSPS) is 10.2. The van der Waals surface area contributed by atoms with Crippen LogP contribution in [0.1, 0.15) is 20.8 Å². The molecule has 0 atom stereocenters. The minimum atomic E-state index is -1.21. The van der Waals surface area contributed by atoms with Gasteiger partial charge in [0.25, 0.3) is 5.91 Å². The fourth-order valence-corrected chi connectivity index (χ4v) is 2.11. The van der Waals surface area contributed by atoms with Gasteiger partial charge in [-0.2, -0.15) is 4.39 Å². The van der Waals surface area contributed by atoms with E-state index in [4.69, 9.17) is 28.3 Å². The number of rotatable bonds is 3. The zero-order chi connectivity index (χ0) is 15.6. The quantitative estimate of drug-likeness (QED) is 0.845. The van der Waals surface area contributed by atoms with E-state index in [0.29, 0.717) is 0 Å². The van der Waals surface area contributed by atoms with Crippen molar-refractivity contribution in [3.63, 3.8) is 0 Å². The number of amides is 1. The molecule has 21 heavy (non-hydrogen) atoms. The first-order valence-electron chi connectivity index (χ1n) is 5.54. The zero-order valence-corrected chi connectivity index (χ0v) is 11.7. The summed E-state index contributed by atoms with van der Waals surface area (Å²) in [7, 11) is 0. The van der Waals surface area contributed by atoms with Crippen LogP contribution in [0.4, 0.5) is 10.1 Å². The number of carboxylic acid groups (broad SMARTS) is 1. The Morgan fingerprint density at radius 2 is 1.81 bits per heavy atom. The molecule has 8 heteroatoms. The number of nitrogens with zero attached hydrogens (tertiary/aromatic N) is 1. The summed E-state index contributed by atoms with van der Waals surface area (Å²) in [4.78, 5) is 26.2. The third kappa shape index (κ3) is 3.48. The van der Waals surface area contributed by atoms with E-state index < -0.39 is 17.8 Å². The molecule has 0 aliphatic heterocycles. The largest absolute Gasteiger partial charge is 0.478 e.